The van der Waals surface area contributed by atoms with Crippen LogP contribution >= 0.6 is 0 Å². The van der Waals surface area contributed by atoms with Gasteiger partial charge in [-0.3, -0.25) is 0 Å². The number of nitrogens with zero attached hydrogens (tertiary/aromatic N) is 1. The van der Waals surface area contributed by atoms with E-state index in [-0.39, 0.29) is 0 Å². The van der Waals surface area contributed by atoms with Crippen LogP contribution in [-0.4, -0.2) is 4.57 Å². The number of hydrogen-bond donors (Lipinski definition) is 0. The van der Waals surface area contributed by atoms with Crippen LogP contribution in [0.2, 0.25) is 0 Å². The molecule has 3 unspecified atom stereocenters. The molecular weight excluding hydrogens is 647 g/mol. The highest BCUT2D eigenvalue weighted by Gasteiger charge is 2.54. The van der Waals surface area contributed by atoms with E-state index in [2.05, 4.69) is 133 Å². The normalized spacial score (nSPS) is 26.9. The first-order valence-corrected chi connectivity index (χ1v) is 20.0. The third-order valence-electron chi connectivity index (χ3n) is 13.0. The number of allylic oxidation sites excluding steroid dienone is 21. The fourth-order valence-electron chi connectivity index (χ4n) is 10.7. The largest absolute Gasteiger partial charge is 0.465 e. The summed E-state index contributed by atoms with van der Waals surface area (Å²) in [4.78, 5) is 0. The van der Waals surface area contributed by atoms with Gasteiger partial charge in [-0.05, 0) is 92.4 Å². The van der Waals surface area contributed by atoms with Crippen LogP contribution in [0.4, 0.5) is 0 Å². The molecule has 2 aliphatic heterocycles. The van der Waals surface area contributed by atoms with Gasteiger partial charge in [0.25, 0.3) is 0 Å². The summed E-state index contributed by atoms with van der Waals surface area (Å²) in [6, 6.07) is 17.9. The molecule has 0 amide bonds. The van der Waals surface area contributed by atoms with Crippen molar-refractivity contribution in [2.45, 2.75) is 82.5 Å². The van der Waals surface area contributed by atoms with E-state index in [0.29, 0.717) is 11.8 Å². The van der Waals surface area contributed by atoms with Crippen LogP contribution in [0.15, 0.2) is 167 Å². The smallest absolute Gasteiger partial charge is 0.132 e. The van der Waals surface area contributed by atoms with Crippen LogP contribution in [0.1, 0.15) is 93.9 Å². The van der Waals surface area contributed by atoms with Crippen molar-refractivity contribution in [3.05, 3.63) is 183 Å². The molecule has 0 N–H and O–H groups in total. The van der Waals surface area contributed by atoms with Crippen molar-refractivity contribution in [2.24, 2.45) is 5.92 Å². The van der Waals surface area contributed by atoms with E-state index in [1.54, 1.807) is 0 Å². The summed E-state index contributed by atoms with van der Waals surface area (Å²) in [5.41, 5.74) is 14.6. The van der Waals surface area contributed by atoms with Crippen molar-refractivity contribution in [2.75, 3.05) is 0 Å². The average Bonchev–Trinajstić information content (AvgIpc) is 3.57. The van der Waals surface area contributed by atoms with E-state index >= 15 is 0 Å². The molecule has 0 radical (unpaired) electrons. The monoisotopic (exact) mass is 691 g/mol. The molecule has 53 heavy (non-hydrogen) atoms. The number of rotatable bonds is 3. The summed E-state index contributed by atoms with van der Waals surface area (Å²) in [5, 5.41) is 1.35. The fraction of sp³-hybridized carbons (Fsp3) is 0.280. The summed E-state index contributed by atoms with van der Waals surface area (Å²) >= 11 is 0. The van der Waals surface area contributed by atoms with Crippen LogP contribution in [-0.2, 0) is 10.2 Å². The predicted octanol–water partition coefficient (Wildman–Crippen LogP) is 12.8. The molecule has 0 saturated carbocycles. The molecule has 2 aromatic carbocycles. The van der Waals surface area contributed by atoms with E-state index in [9.17, 15) is 0 Å². The molecule has 6 aliphatic carbocycles. The molecule has 0 bridgehead atoms. The molecule has 3 aromatic rings. The summed E-state index contributed by atoms with van der Waals surface area (Å²) in [7, 11) is 0. The van der Waals surface area contributed by atoms with E-state index in [4.69, 9.17) is 9.47 Å². The van der Waals surface area contributed by atoms with E-state index in [1.165, 1.54) is 66.9 Å². The van der Waals surface area contributed by atoms with Gasteiger partial charge in [0.2, 0.25) is 0 Å². The van der Waals surface area contributed by atoms with Crippen LogP contribution in [0.25, 0.3) is 22.2 Å². The Bertz CT molecular complexity index is 2470. The highest BCUT2D eigenvalue weighted by molar-refractivity contribution is 6.02. The first kappa shape index (κ1) is 31.3. The second-order valence-electron chi connectivity index (χ2n) is 15.9. The van der Waals surface area contributed by atoms with E-state index in [0.717, 1.165) is 87.2 Å². The highest BCUT2D eigenvalue weighted by Crippen LogP contribution is 2.62. The second kappa shape index (κ2) is 12.1. The minimum absolute atomic E-state index is 0.363. The minimum atomic E-state index is -0.469. The third kappa shape index (κ3) is 4.59. The van der Waals surface area contributed by atoms with Crippen molar-refractivity contribution in [1.82, 2.24) is 4.57 Å². The van der Waals surface area contributed by atoms with Gasteiger partial charge in [0, 0.05) is 63.7 Å². The fourth-order valence-corrected chi connectivity index (χ4v) is 10.7. The lowest BCUT2D eigenvalue weighted by atomic mass is 9.57. The van der Waals surface area contributed by atoms with Crippen LogP contribution in [0.5, 0.6) is 5.75 Å². The summed E-state index contributed by atoms with van der Waals surface area (Å²) in [5.74, 6) is 5.04. The highest BCUT2D eigenvalue weighted by atomic mass is 16.5. The standard InChI is InChI=1S/C50H45NO2/c1-32-24-27-37(48-38-18-8-11-21-43(38)51(49(32)48)36-16-6-3-7-17-36)35-26-29-46-42(30-35)50(39-19-9-12-22-44(39)52-45-23-13-10-20-40(45)50)41-28-25-34(31-47(41)53-46)33-14-4-2-5-15-33/h2,4,6,8-9,11-14,16-19,21-23,25,27-28,30,32,34H,3,5,7,10,15,20,24,26,29,31H2,1H3. The van der Waals surface area contributed by atoms with Crippen LogP contribution in [0, 0.1) is 5.92 Å². The Morgan fingerprint density at radius 3 is 2.57 bits per heavy atom. The zero-order valence-corrected chi connectivity index (χ0v) is 30.5. The Morgan fingerprint density at radius 1 is 0.774 bits per heavy atom. The quantitative estimate of drug-likeness (QED) is 0.273. The Kier molecular flexibility index (Phi) is 7.16. The van der Waals surface area contributed by atoms with E-state index < -0.39 is 5.41 Å². The topological polar surface area (TPSA) is 23.4 Å². The summed E-state index contributed by atoms with van der Waals surface area (Å²) < 4.78 is 16.6. The molecule has 3 nitrogen and oxygen atoms in total. The summed E-state index contributed by atoms with van der Waals surface area (Å²) in [6.45, 7) is 2.41. The van der Waals surface area contributed by atoms with Gasteiger partial charge in [-0.25, -0.2) is 0 Å². The maximum Gasteiger partial charge on any atom is 0.132 e. The second-order valence-corrected chi connectivity index (χ2v) is 15.9. The lowest BCUT2D eigenvalue weighted by molar-refractivity contribution is 0.234. The molecule has 11 rings (SSSR count). The molecule has 0 fully saturated rings. The van der Waals surface area contributed by atoms with Gasteiger partial charge in [-0.2, -0.15) is 0 Å². The Labute approximate surface area is 312 Å². The van der Waals surface area contributed by atoms with Crippen LogP contribution < -0.4 is 4.74 Å². The third-order valence-corrected chi connectivity index (χ3v) is 13.0. The first-order chi connectivity index (χ1) is 26.2. The SMILES string of the molecule is CC1CC=C(C2=CC3=C(CC2)OC2=C(C=CC(C4=CC=CCC4)C2)C32C3=C(C=CCC3)Oc3ccccc32)c2c1n(C1=CCCC=C1)c1ccccc21. The maximum absolute atomic E-state index is 7.21. The van der Waals surface area contributed by atoms with Gasteiger partial charge in [0.05, 0.1) is 10.9 Å². The minimum Gasteiger partial charge on any atom is -0.465 e. The number of benzene rings is 2. The van der Waals surface area contributed by atoms with Crippen molar-refractivity contribution < 1.29 is 9.47 Å². The molecule has 1 spiro atoms. The average molecular weight is 692 g/mol. The van der Waals surface area contributed by atoms with Gasteiger partial charge < -0.3 is 14.0 Å². The van der Waals surface area contributed by atoms with Gasteiger partial charge in [0.15, 0.2) is 0 Å². The molecule has 3 heteroatoms. The summed E-state index contributed by atoms with van der Waals surface area (Å²) in [6.07, 6.45) is 38.7. The van der Waals surface area contributed by atoms with Gasteiger partial charge in [-0.15, -0.1) is 0 Å². The lowest BCUT2D eigenvalue weighted by Crippen LogP contribution is -2.42. The maximum atomic E-state index is 7.21. The number of hydrogen-bond acceptors (Lipinski definition) is 2. The van der Waals surface area contributed by atoms with Crippen molar-refractivity contribution in [1.29, 1.82) is 0 Å². The predicted molar refractivity (Wildman–Crippen MR) is 216 cm³/mol. The van der Waals surface area contributed by atoms with Crippen molar-refractivity contribution >= 4 is 22.2 Å². The van der Waals surface area contributed by atoms with Crippen molar-refractivity contribution in [3.8, 4) is 5.75 Å². The Morgan fingerprint density at radius 2 is 1.66 bits per heavy atom. The lowest BCUT2D eigenvalue weighted by Gasteiger charge is -2.49. The van der Waals surface area contributed by atoms with Gasteiger partial charge >= 0.3 is 0 Å². The number of ether oxygens (including phenoxy) is 2. The molecule has 3 heterocycles. The van der Waals surface area contributed by atoms with E-state index in [1.807, 2.05) is 0 Å². The van der Waals surface area contributed by atoms with Gasteiger partial charge in [-0.1, -0.05) is 110 Å². The molecule has 1 aromatic heterocycles. The Hall–Kier alpha value is -5.28. The molecule has 3 atom stereocenters. The molecular formula is C50H45NO2. The zero-order chi connectivity index (χ0) is 35.1. The van der Waals surface area contributed by atoms with Crippen molar-refractivity contribution in [3.63, 3.8) is 0 Å². The number of aromatic nitrogens is 1. The molecule has 0 saturated heterocycles. The first-order valence-electron chi connectivity index (χ1n) is 20.0. The molecule has 262 valence electrons. The number of para-hydroxylation sites is 2. The Balaban J connectivity index is 1.12. The molecule has 8 aliphatic rings. The zero-order valence-electron chi connectivity index (χ0n) is 30.5. The number of fused-ring (bicyclic) bond motifs is 8. The van der Waals surface area contributed by atoms with Crippen LogP contribution in [0.3, 0.4) is 0 Å². The van der Waals surface area contributed by atoms with Gasteiger partial charge in [0.1, 0.15) is 23.0 Å².